The van der Waals surface area contributed by atoms with Gasteiger partial charge in [0.2, 0.25) is 5.95 Å². The number of nitrogens with zero attached hydrogens (tertiary/aromatic N) is 2. The van der Waals surface area contributed by atoms with Gasteiger partial charge in [-0.1, -0.05) is 20.8 Å². The van der Waals surface area contributed by atoms with Crippen molar-refractivity contribution >= 4 is 33.3 Å². The Morgan fingerprint density at radius 1 is 1.47 bits per heavy atom. The zero-order valence-electron chi connectivity index (χ0n) is 11.4. The standard InChI is InChI=1S/C13H19N5S/c1-4-7-5-8-10(15-9-6-13(9,2)3)16-12(18-14)17-11(8)19-7/h5,9H,4,6,14H2,1-3H3,(H2,15,16,17,18). The Morgan fingerprint density at radius 2 is 2.21 bits per heavy atom. The van der Waals surface area contributed by atoms with Crippen LogP contribution in [0.4, 0.5) is 11.8 Å². The highest BCUT2D eigenvalue weighted by molar-refractivity contribution is 7.18. The maximum Gasteiger partial charge on any atom is 0.240 e. The van der Waals surface area contributed by atoms with Gasteiger partial charge in [0, 0.05) is 10.9 Å². The van der Waals surface area contributed by atoms with Crippen molar-refractivity contribution in [2.45, 2.75) is 39.7 Å². The number of aromatic nitrogens is 2. The van der Waals surface area contributed by atoms with Gasteiger partial charge in [-0.05, 0) is 24.3 Å². The number of nitrogens with two attached hydrogens (primary N) is 1. The van der Waals surface area contributed by atoms with Gasteiger partial charge in [-0.15, -0.1) is 11.3 Å². The summed E-state index contributed by atoms with van der Waals surface area (Å²) < 4.78 is 0. The monoisotopic (exact) mass is 277 g/mol. The summed E-state index contributed by atoms with van der Waals surface area (Å²) in [6.45, 7) is 6.67. The molecule has 2 aromatic heterocycles. The predicted molar refractivity (Wildman–Crippen MR) is 80.4 cm³/mol. The molecule has 19 heavy (non-hydrogen) atoms. The molecule has 0 saturated heterocycles. The molecule has 5 nitrogen and oxygen atoms in total. The molecule has 1 unspecified atom stereocenters. The number of aryl methyl sites for hydroxylation is 1. The number of nitrogen functional groups attached to an aromatic ring is 1. The van der Waals surface area contributed by atoms with Gasteiger partial charge in [0.1, 0.15) is 10.6 Å². The van der Waals surface area contributed by atoms with Crippen LogP contribution in [0.2, 0.25) is 0 Å². The molecule has 1 aliphatic rings. The fourth-order valence-electron chi connectivity index (χ4n) is 2.20. The highest BCUT2D eigenvalue weighted by Gasteiger charge is 2.46. The summed E-state index contributed by atoms with van der Waals surface area (Å²) in [6.07, 6.45) is 2.19. The number of rotatable bonds is 4. The molecular weight excluding hydrogens is 258 g/mol. The largest absolute Gasteiger partial charge is 0.366 e. The number of hydrogen-bond acceptors (Lipinski definition) is 6. The van der Waals surface area contributed by atoms with Gasteiger partial charge >= 0.3 is 0 Å². The SMILES string of the molecule is CCc1cc2c(NC3CC3(C)C)nc(NN)nc2s1. The van der Waals surface area contributed by atoms with E-state index in [-0.39, 0.29) is 0 Å². The van der Waals surface area contributed by atoms with E-state index in [1.165, 1.54) is 11.3 Å². The maximum atomic E-state index is 5.45. The number of nitrogens with one attached hydrogen (secondary N) is 2. The first-order valence-electron chi connectivity index (χ1n) is 6.57. The van der Waals surface area contributed by atoms with Crippen LogP contribution in [0.3, 0.4) is 0 Å². The number of thiophene rings is 1. The Hall–Kier alpha value is -1.40. The van der Waals surface area contributed by atoms with Crippen LogP contribution in [0, 0.1) is 5.41 Å². The molecular formula is C13H19N5S. The number of hydrazine groups is 1. The van der Waals surface area contributed by atoms with Crippen molar-refractivity contribution in [3.63, 3.8) is 0 Å². The number of hydrogen-bond donors (Lipinski definition) is 3. The van der Waals surface area contributed by atoms with Gasteiger partial charge in [0.25, 0.3) is 0 Å². The maximum absolute atomic E-state index is 5.45. The van der Waals surface area contributed by atoms with Crippen molar-refractivity contribution in [2.24, 2.45) is 11.3 Å². The van der Waals surface area contributed by atoms with E-state index in [1.807, 2.05) is 0 Å². The van der Waals surface area contributed by atoms with E-state index in [2.05, 4.69) is 47.5 Å². The molecule has 1 atom stereocenters. The van der Waals surface area contributed by atoms with Crippen LogP contribution in [-0.2, 0) is 6.42 Å². The van der Waals surface area contributed by atoms with Crippen LogP contribution >= 0.6 is 11.3 Å². The average Bonchev–Trinajstić information content (AvgIpc) is 2.82. The van der Waals surface area contributed by atoms with E-state index < -0.39 is 0 Å². The minimum atomic E-state index is 0.358. The normalized spacial score (nSPS) is 20.5. The fourth-order valence-corrected chi connectivity index (χ4v) is 3.17. The molecule has 2 heterocycles. The molecule has 0 radical (unpaired) electrons. The van der Waals surface area contributed by atoms with Gasteiger partial charge in [-0.25, -0.2) is 10.8 Å². The van der Waals surface area contributed by atoms with Crippen molar-refractivity contribution in [3.8, 4) is 0 Å². The molecule has 1 fully saturated rings. The third-order valence-corrected chi connectivity index (χ3v) is 4.92. The Labute approximate surface area is 116 Å². The first-order chi connectivity index (χ1) is 9.03. The molecule has 2 aromatic rings. The lowest BCUT2D eigenvalue weighted by molar-refractivity contribution is 0.630. The fraction of sp³-hybridized carbons (Fsp3) is 0.538. The Balaban J connectivity index is 2.02. The average molecular weight is 277 g/mol. The highest BCUT2D eigenvalue weighted by atomic mass is 32.1. The third kappa shape index (κ3) is 2.26. The second-order valence-corrected chi connectivity index (χ2v) is 6.83. The molecule has 6 heteroatoms. The third-order valence-electron chi connectivity index (χ3n) is 3.75. The summed E-state index contributed by atoms with van der Waals surface area (Å²) in [5, 5.41) is 4.62. The highest BCUT2D eigenvalue weighted by Crippen LogP contribution is 2.47. The van der Waals surface area contributed by atoms with Gasteiger partial charge in [-0.2, -0.15) is 4.98 Å². The molecule has 102 valence electrons. The van der Waals surface area contributed by atoms with Crippen molar-refractivity contribution in [3.05, 3.63) is 10.9 Å². The summed E-state index contributed by atoms with van der Waals surface area (Å²) in [6, 6.07) is 2.67. The van der Waals surface area contributed by atoms with Crippen LogP contribution in [-0.4, -0.2) is 16.0 Å². The van der Waals surface area contributed by atoms with Crippen LogP contribution in [0.25, 0.3) is 10.2 Å². The quantitative estimate of drug-likeness (QED) is 0.592. The van der Waals surface area contributed by atoms with Crippen LogP contribution in [0.5, 0.6) is 0 Å². The molecule has 0 aromatic carbocycles. The van der Waals surface area contributed by atoms with Gasteiger partial charge in [0.15, 0.2) is 0 Å². The van der Waals surface area contributed by atoms with Crippen molar-refractivity contribution in [1.29, 1.82) is 0 Å². The van der Waals surface area contributed by atoms with E-state index in [0.29, 0.717) is 17.4 Å². The molecule has 4 N–H and O–H groups in total. The molecule has 1 saturated carbocycles. The molecule has 0 amide bonds. The molecule has 0 spiro atoms. The van der Waals surface area contributed by atoms with Crippen LogP contribution in [0.1, 0.15) is 32.1 Å². The number of fused-ring (bicyclic) bond motifs is 1. The lowest BCUT2D eigenvalue weighted by atomic mass is 10.2. The summed E-state index contributed by atoms with van der Waals surface area (Å²) in [5.41, 5.74) is 2.90. The molecule has 1 aliphatic carbocycles. The molecule has 0 aliphatic heterocycles. The van der Waals surface area contributed by atoms with E-state index >= 15 is 0 Å². The minimum absolute atomic E-state index is 0.358. The van der Waals surface area contributed by atoms with Gasteiger partial charge < -0.3 is 5.32 Å². The molecule has 3 rings (SSSR count). The second kappa shape index (κ2) is 4.31. The van der Waals surface area contributed by atoms with E-state index in [0.717, 1.165) is 22.5 Å². The zero-order valence-corrected chi connectivity index (χ0v) is 12.3. The second-order valence-electron chi connectivity index (χ2n) is 5.71. The van der Waals surface area contributed by atoms with Crippen LogP contribution < -0.4 is 16.6 Å². The summed E-state index contributed by atoms with van der Waals surface area (Å²) >= 11 is 1.70. The smallest absolute Gasteiger partial charge is 0.240 e. The first-order valence-corrected chi connectivity index (χ1v) is 7.39. The Kier molecular flexibility index (Phi) is 2.87. The predicted octanol–water partition coefficient (Wildman–Crippen LogP) is 2.75. The lowest BCUT2D eigenvalue weighted by Crippen LogP contribution is -2.14. The van der Waals surface area contributed by atoms with Gasteiger partial charge in [-0.3, -0.25) is 5.43 Å². The summed E-state index contributed by atoms with van der Waals surface area (Å²) in [7, 11) is 0. The summed E-state index contributed by atoms with van der Waals surface area (Å²) in [4.78, 5) is 11.2. The van der Waals surface area contributed by atoms with Crippen molar-refractivity contribution < 1.29 is 0 Å². The first kappa shape index (κ1) is 12.6. The molecule has 0 bridgehead atoms. The van der Waals surface area contributed by atoms with E-state index in [9.17, 15) is 0 Å². The van der Waals surface area contributed by atoms with Crippen molar-refractivity contribution in [1.82, 2.24) is 9.97 Å². The Morgan fingerprint density at radius 3 is 2.79 bits per heavy atom. The van der Waals surface area contributed by atoms with E-state index in [1.54, 1.807) is 11.3 Å². The topological polar surface area (TPSA) is 75.9 Å². The van der Waals surface area contributed by atoms with Crippen LogP contribution in [0.15, 0.2) is 6.07 Å². The summed E-state index contributed by atoms with van der Waals surface area (Å²) in [5.74, 6) is 6.81. The minimum Gasteiger partial charge on any atom is -0.366 e. The van der Waals surface area contributed by atoms with Crippen molar-refractivity contribution in [2.75, 3.05) is 10.7 Å². The number of anilines is 2. The zero-order chi connectivity index (χ0) is 13.6. The Bertz CT molecular complexity index is 619. The lowest BCUT2D eigenvalue weighted by Gasteiger charge is -2.09. The van der Waals surface area contributed by atoms with Gasteiger partial charge in [0.05, 0.1) is 5.39 Å². The van der Waals surface area contributed by atoms with E-state index in [4.69, 9.17) is 5.84 Å².